The van der Waals surface area contributed by atoms with Crippen molar-refractivity contribution in [1.29, 1.82) is 0 Å². The van der Waals surface area contributed by atoms with E-state index in [2.05, 4.69) is 10.1 Å². The maximum absolute atomic E-state index is 11.2. The Balaban J connectivity index is 3.89. The van der Waals surface area contributed by atoms with E-state index in [0.717, 1.165) is 6.42 Å². The van der Waals surface area contributed by atoms with Crippen LogP contribution in [0.4, 0.5) is 0 Å². The zero-order valence-corrected chi connectivity index (χ0v) is 8.74. The Morgan fingerprint density at radius 2 is 2.00 bits per heavy atom. The second-order valence-electron chi connectivity index (χ2n) is 3.05. The SMILES string of the molecule is CCCNC(=O)C(C)OC(=O)C(C)O. The highest BCUT2D eigenvalue weighted by molar-refractivity contribution is 5.84. The Morgan fingerprint density at radius 3 is 2.43 bits per heavy atom. The number of ether oxygens (including phenoxy) is 1. The molecule has 2 atom stereocenters. The molecule has 0 bridgehead atoms. The predicted octanol–water partition coefficient (Wildman–Crippen LogP) is -0.175. The van der Waals surface area contributed by atoms with Gasteiger partial charge in [0.15, 0.2) is 6.10 Å². The number of rotatable bonds is 5. The van der Waals surface area contributed by atoms with Crippen LogP contribution in [0.15, 0.2) is 0 Å². The number of carbonyl (C=O) groups is 2. The quantitative estimate of drug-likeness (QED) is 0.608. The molecule has 14 heavy (non-hydrogen) atoms. The van der Waals surface area contributed by atoms with E-state index in [-0.39, 0.29) is 5.91 Å². The maximum Gasteiger partial charge on any atom is 0.335 e. The molecule has 0 aromatic rings. The summed E-state index contributed by atoms with van der Waals surface area (Å²) in [5.41, 5.74) is 0. The lowest BCUT2D eigenvalue weighted by Gasteiger charge is -2.13. The smallest absolute Gasteiger partial charge is 0.335 e. The molecule has 0 heterocycles. The highest BCUT2D eigenvalue weighted by Crippen LogP contribution is 1.95. The third-order valence-electron chi connectivity index (χ3n) is 1.55. The van der Waals surface area contributed by atoms with Gasteiger partial charge in [0, 0.05) is 6.54 Å². The van der Waals surface area contributed by atoms with Gasteiger partial charge in [0.2, 0.25) is 0 Å². The van der Waals surface area contributed by atoms with Crippen LogP contribution in [0.3, 0.4) is 0 Å². The Labute approximate surface area is 83.4 Å². The van der Waals surface area contributed by atoms with Crippen molar-refractivity contribution in [3.63, 3.8) is 0 Å². The van der Waals surface area contributed by atoms with E-state index >= 15 is 0 Å². The van der Waals surface area contributed by atoms with Crippen LogP contribution in [0.25, 0.3) is 0 Å². The Bertz CT molecular complexity index is 203. The summed E-state index contributed by atoms with van der Waals surface area (Å²) < 4.78 is 4.67. The van der Waals surface area contributed by atoms with Crippen LogP contribution in [0.2, 0.25) is 0 Å². The lowest BCUT2D eigenvalue weighted by molar-refractivity contribution is -0.161. The van der Waals surface area contributed by atoms with Gasteiger partial charge in [-0.1, -0.05) is 6.92 Å². The number of nitrogens with one attached hydrogen (secondary N) is 1. The lowest BCUT2D eigenvalue weighted by atomic mass is 10.3. The van der Waals surface area contributed by atoms with E-state index in [1.807, 2.05) is 6.92 Å². The standard InChI is InChI=1S/C9H17NO4/c1-4-5-10-8(12)7(3)14-9(13)6(2)11/h6-7,11H,4-5H2,1-3H3,(H,10,12). The molecule has 2 N–H and O–H groups in total. The van der Waals surface area contributed by atoms with Gasteiger partial charge in [0.1, 0.15) is 6.10 Å². The largest absolute Gasteiger partial charge is 0.451 e. The summed E-state index contributed by atoms with van der Waals surface area (Å²) >= 11 is 0. The summed E-state index contributed by atoms with van der Waals surface area (Å²) in [5, 5.41) is 11.4. The van der Waals surface area contributed by atoms with Crippen LogP contribution in [-0.4, -0.2) is 35.7 Å². The average molecular weight is 203 g/mol. The highest BCUT2D eigenvalue weighted by atomic mass is 16.6. The van der Waals surface area contributed by atoms with Gasteiger partial charge in [-0.2, -0.15) is 0 Å². The van der Waals surface area contributed by atoms with E-state index in [1.165, 1.54) is 13.8 Å². The molecule has 82 valence electrons. The van der Waals surface area contributed by atoms with Gasteiger partial charge in [0.25, 0.3) is 5.91 Å². The molecule has 0 aliphatic rings. The molecule has 5 nitrogen and oxygen atoms in total. The number of carbonyl (C=O) groups excluding carboxylic acids is 2. The molecule has 0 aliphatic heterocycles. The molecule has 0 rings (SSSR count). The zero-order valence-electron chi connectivity index (χ0n) is 8.74. The van der Waals surface area contributed by atoms with Gasteiger partial charge in [-0.15, -0.1) is 0 Å². The first-order chi connectivity index (χ1) is 6.49. The fourth-order valence-corrected chi connectivity index (χ4v) is 0.718. The third kappa shape index (κ3) is 4.81. The van der Waals surface area contributed by atoms with E-state index in [4.69, 9.17) is 5.11 Å². The number of hydrogen-bond donors (Lipinski definition) is 2. The molecule has 0 aromatic heterocycles. The normalized spacial score (nSPS) is 14.3. The van der Waals surface area contributed by atoms with Gasteiger partial charge in [-0.25, -0.2) is 4.79 Å². The molecule has 2 unspecified atom stereocenters. The van der Waals surface area contributed by atoms with Crippen LogP contribution in [0.5, 0.6) is 0 Å². The number of aliphatic hydroxyl groups excluding tert-OH is 1. The van der Waals surface area contributed by atoms with Gasteiger partial charge in [-0.3, -0.25) is 4.79 Å². The average Bonchev–Trinajstić information content (AvgIpc) is 2.13. The van der Waals surface area contributed by atoms with Crippen LogP contribution in [0, 0.1) is 0 Å². The zero-order chi connectivity index (χ0) is 11.1. The first-order valence-corrected chi connectivity index (χ1v) is 4.65. The van der Waals surface area contributed by atoms with E-state index in [9.17, 15) is 9.59 Å². The Hall–Kier alpha value is -1.10. The van der Waals surface area contributed by atoms with Crippen molar-refractivity contribution < 1.29 is 19.4 Å². The number of esters is 1. The fraction of sp³-hybridized carbons (Fsp3) is 0.778. The number of hydrogen-bond acceptors (Lipinski definition) is 4. The molecule has 0 saturated heterocycles. The summed E-state index contributed by atoms with van der Waals surface area (Å²) in [6, 6.07) is 0. The van der Waals surface area contributed by atoms with Crippen molar-refractivity contribution in [2.45, 2.75) is 39.4 Å². The first-order valence-electron chi connectivity index (χ1n) is 4.65. The van der Waals surface area contributed by atoms with Gasteiger partial charge >= 0.3 is 5.97 Å². The second kappa shape index (κ2) is 6.37. The van der Waals surface area contributed by atoms with E-state index < -0.39 is 18.2 Å². The van der Waals surface area contributed by atoms with Crippen molar-refractivity contribution in [3.05, 3.63) is 0 Å². The molecule has 0 fully saturated rings. The molecule has 0 aromatic carbocycles. The summed E-state index contributed by atoms with van der Waals surface area (Å²) in [4.78, 5) is 22.1. The molecule has 5 heteroatoms. The molecular weight excluding hydrogens is 186 g/mol. The monoisotopic (exact) mass is 203 g/mol. The van der Waals surface area contributed by atoms with Crippen molar-refractivity contribution in [1.82, 2.24) is 5.32 Å². The molecule has 0 spiro atoms. The van der Waals surface area contributed by atoms with Crippen LogP contribution in [0.1, 0.15) is 27.2 Å². The Kier molecular flexibility index (Phi) is 5.87. The lowest BCUT2D eigenvalue weighted by Crippen LogP contribution is -2.37. The summed E-state index contributed by atoms with van der Waals surface area (Å²) in [6.45, 7) is 5.23. The molecule has 1 amide bonds. The highest BCUT2D eigenvalue weighted by Gasteiger charge is 2.19. The summed E-state index contributed by atoms with van der Waals surface area (Å²) in [7, 11) is 0. The van der Waals surface area contributed by atoms with E-state index in [1.54, 1.807) is 0 Å². The van der Waals surface area contributed by atoms with Crippen molar-refractivity contribution in [2.75, 3.05) is 6.54 Å². The predicted molar refractivity (Wildman–Crippen MR) is 50.5 cm³/mol. The van der Waals surface area contributed by atoms with Gasteiger partial charge in [0.05, 0.1) is 0 Å². The molecular formula is C9H17NO4. The third-order valence-corrected chi connectivity index (χ3v) is 1.55. The van der Waals surface area contributed by atoms with Crippen molar-refractivity contribution in [3.8, 4) is 0 Å². The van der Waals surface area contributed by atoms with E-state index in [0.29, 0.717) is 6.54 Å². The minimum atomic E-state index is -1.20. The molecule has 0 radical (unpaired) electrons. The van der Waals surface area contributed by atoms with Crippen LogP contribution < -0.4 is 5.32 Å². The van der Waals surface area contributed by atoms with Crippen molar-refractivity contribution >= 4 is 11.9 Å². The molecule has 0 saturated carbocycles. The van der Waals surface area contributed by atoms with Crippen LogP contribution in [-0.2, 0) is 14.3 Å². The first kappa shape index (κ1) is 12.9. The van der Waals surface area contributed by atoms with Crippen LogP contribution >= 0.6 is 0 Å². The number of aliphatic hydroxyl groups is 1. The minimum Gasteiger partial charge on any atom is -0.451 e. The fourth-order valence-electron chi connectivity index (χ4n) is 0.718. The summed E-state index contributed by atoms with van der Waals surface area (Å²) in [5.74, 6) is -1.13. The summed E-state index contributed by atoms with van der Waals surface area (Å²) in [6.07, 6.45) is -1.23. The minimum absolute atomic E-state index is 0.346. The van der Waals surface area contributed by atoms with Gasteiger partial charge in [-0.05, 0) is 20.3 Å². The van der Waals surface area contributed by atoms with Gasteiger partial charge < -0.3 is 15.2 Å². The number of amides is 1. The topological polar surface area (TPSA) is 75.6 Å². The Morgan fingerprint density at radius 1 is 1.43 bits per heavy atom. The maximum atomic E-state index is 11.2. The van der Waals surface area contributed by atoms with Crippen molar-refractivity contribution in [2.24, 2.45) is 0 Å². The molecule has 0 aliphatic carbocycles. The second-order valence-corrected chi connectivity index (χ2v) is 3.05.